The number of carbonyl (C=O) groups excluding carboxylic acids is 1. The van der Waals surface area contributed by atoms with Gasteiger partial charge in [-0.1, -0.05) is 29.3 Å². The van der Waals surface area contributed by atoms with Crippen molar-refractivity contribution in [3.8, 4) is 5.75 Å². The van der Waals surface area contributed by atoms with Crippen molar-refractivity contribution in [1.82, 2.24) is 9.38 Å². The maximum atomic E-state index is 12.2. The van der Waals surface area contributed by atoms with Crippen LogP contribution in [0.25, 0.3) is 5.65 Å². The molecule has 0 N–H and O–H groups in total. The molecule has 6 nitrogen and oxygen atoms in total. The molecule has 0 saturated carbocycles. The summed E-state index contributed by atoms with van der Waals surface area (Å²) in [4.78, 5) is 28.7. The van der Waals surface area contributed by atoms with Crippen LogP contribution in [0.15, 0.2) is 47.4 Å². The van der Waals surface area contributed by atoms with Crippen LogP contribution in [0.2, 0.25) is 10.0 Å². The van der Waals surface area contributed by atoms with Gasteiger partial charge < -0.3 is 9.47 Å². The number of fused-ring (bicyclic) bond motifs is 1. The van der Waals surface area contributed by atoms with E-state index in [0.29, 0.717) is 27.1 Å². The molecule has 0 bridgehead atoms. The fourth-order valence-corrected chi connectivity index (χ4v) is 2.86. The van der Waals surface area contributed by atoms with Crippen molar-refractivity contribution in [2.45, 2.75) is 26.6 Å². The highest BCUT2D eigenvalue weighted by Gasteiger charge is 2.18. The van der Waals surface area contributed by atoms with Gasteiger partial charge in [-0.15, -0.1) is 0 Å². The molecule has 2 heterocycles. The van der Waals surface area contributed by atoms with E-state index in [1.165, 1.54) is 16.5 Å². The maximum absolute atomic E-state index is 12.2. The van der Waals surface area contributed by atoms with Gasteiger partial charge in [-0.3, -0.25) is 9.20 Å². The third kappa shape index (κ3) is 4.59. The summed E-state index contributed by atoms with van der Waals surface area (Å²) in [5.74, 6) is -0.283. The Labute approximate surface area is 165 Å². The number of ether oxygens (including phenoxy) is 2. The molecule has 3 rings (SSSR count). The van der Waals surface area contributed by atoms with Crippen molar-refractivity contribution in [2.75, 3.05) is 0 Å². The van der Waals surface area contributed by atoms with Crippen LogP contribution in [0.4, 0.5) is 0 Å². The molecule has 0 radical (unpaired) electrons. The molecule has 8 heteroatoms. The Morgan fingerprint density at radius 3 is 2.74 bits per heavy atom. The maximum Gasteiger partial charge on any atom is 0.347 e. The summed E-state index contributed by atoms with van der Waals surface area (Å²) in [6.07, 6.45) is 0.805. The Morgan fingerprint density at radius 2 is 2.00 bits per heavy atom. The number of pyridine rings is 1. The SMILES string of the molecule is Cc1ccc2nc(COC(=O)[C@H](C)Oc3ccc(Cl)cc3Cl)cc(=O)n2c1. The monoisotopic (exact) mass is 406 g/mol. The van der Waals surface area contributed by atoms with E-state index in [9.17, 15) is 9.59 Å². The Morgan fingerprint density at radius 1 is 1.22 bits per heavy atom. The Bertz CT molecular complexity index is 1070. The van der Waals surface area contributed by atoms with Crippen LogP contribution in [-0.2, 0) is 16.1 Å². The molecule has 0 spiro atoms. The van der Waals surface area contributed by atoms with Gasteiger partial charge in [0.2, 0.25) is 0 Å². The van der Waals surface area contributed by atoms with E-state index in [4.69, 9.17) is 32.7 Å². The highest BCUT2D eigenvalue weighted by molar-refractivity contribution is 6.35. The minimum atomic E-state index is -0.895. The van der Waals surface area contributed by atoms with Gasteiger partial charge in [0.05, 0.1) is 10.7 Å². The quantitative estimate of drug-likeness (QED) is 0.602. The third-order valence-electron chi connectivity index (χ3n) is 3.75. The van der Waals surface area contributed by atoms with Crippen molar-refractivity contribution >= 4 is 34.8 Å². The number of halogens is 2. The molecule has 1 aromatic carbocycles. The summed E-state index contributed by atoms with van der Waals surface area (Å²) in [6, 6.07) is 9.61. The molecule has 0 aliphatic heterocycles. The van der Waals surface area contributed by atoms with Crippen LogP contribution >= 0.6 is 23.2 Å². The minimum absolute atomic E-state index is 0.138. The molecule has 0 aliphatic rings. The standard InChI is InChI=1S/C19H16Cl2N2O4/c1-11-3-6-17-22-14(8-18(24)23(17)9-11)10-26-19(25)12(2)27-16-5-4-13(20)7-15(16)21/h3-9,12H,10H2,1-2H3/t12-/m0/s1. The molecule has 2 aromatic heterocycles. The van der Waals surface area contributed by atoms with Crippen molar-refractivity contribution < 1.29 is 14.3 Å². The number of aryl methyl sites for hydroxylation is 1. The number of benzene rings is 1. The molecule has 0 saturated heterocycles. The van der Waals surface area contributed by atoms with E-state index in [-0.39, 0.29) is 12.2 Å². The van der Waals surface area contributed by atoms with E-state index in [2.05, 4.69) is 4.98 Å². The van der Waals surface area contributed by atoms with Crippen LogP contribution in [0.3, 0.4) is 0 Å². The minimum Gasteiger partial charge on any atom is -0.477 e. The van der Waals surface area contributed by atoms with Crippen molar-refractivity contribution in [3.63, 3.8) is 0 Å². The lowest BCUT2D eigenvalue weighted by Crippen LogP contribution is -2.26. The normalized spacial score (nSPS) is 12.0. The van der Waals surface area contributed by atoms with Gasteiger partial charge in [0.15, 0.2) is 6.10 Å². The highest BCUT2D eigenvalue weighted by Crippen LogP contribution is 2.28. The van der Waals surface area contributed by atoms with Crippen LogP contribution in [0, 0.1) is 6.92 Å². The summed E-state index contributed by atoms with van der Waals surface area (Å²) in [5.41, 5.74) is 1.54. The molecule has 0 amide bonds. The zero-order valence-electron chi connectivity index (χ0n) is 14.6. The lowest BCUT2D eigenvalue weighted by Gasteiger charge is -2.15. The van der Waals surface area contributed by atoms with Crippen molar-refractivity contribution in [3.05, 3.63) is 74.3 Å². The van der Waals surface area contributed by atoms with Gasteiger partial charge in [0, 0.05) is 17.3 Å². The molecular formula is C19H16Cl2N2O4. The second-order valence-corrected chi connectivity index (χ2v) is 6.81. The van der Waals surface area contributed by atoms with E-state index in [0.717, 1.165) is 5.56 Å². The Hall–Kier alpha value is -2.57. The summed E-state index contributed by atoms with van der Waals surface area (Å²) < 4.78 is 12.2. The number of rotatable bonds is 5. The molecule has 1 atom stereocenters. The predicted molar refractivity (Wildman–Crippen MR) is 103 cm³/mol. The highest BCUT2D eigenvalue weighted by atomic mass is 35.5. The number of carbonyl (C=O) groups is 1. The van der Waals surface area contributed by atoms with Gasteiger partial charge in [-0.25, -0.2) is 9.78 Å². The molecule has 3 aromatic rings. The number of nitrogens with zero attached hydrogens (tertiary/aromatic N) is 2. The van der Waals surface area contributed by atoms with Gasteiger partial charge >= 0.3 is 5.97 Å². The fraction of sp³-hybridized carbons (Fsp3) is 0.211. The Kier molecular flexibility index (Phi) is 5.68. The van der Waals surface area contributed by atoms with Crippen LogP contribution in [0.5, 0.6) is 5.75 Å². The molecular weight excluding hydrogens is 391 g/mol. The number of esters is 1. The molecule has 140 valence electrons. The van der Waals surface area contributed by atoms with Gasteiger partial charge in [0.25, 0.3) is 5.56 Å². The zero-order chi connectivity index (χ0) is 19.6. The average Bonchev–Trinajstić information content (AvgIpc) is 2.62. The number of hydrogen-bond donors (Lipinski definition) is 0. The van der Waals surface area contributed by atoms with E-state index >= 15 is 0 Å². The molecule has 27 heavy (non-hydrogen) atoms. The molecule has 0 fully saturated rings. The first-order valence-corrected chi connectivity index (χ1v) is 8.86. The summed E-state index contributed by atoms with van der Waals surface area (Å²) in [5, 5.41) is 0.757. The second-order valence-electron chi connectivity index (χ2n) is 5.96. The number of hydrogen-bond acceptors (Lipinski definition) is 5. The summed E-state index contributed by atoms with van der Waals surface area (Å²) in [6.45, 7) is 3.29. The van der Waals surface area contributed by atoms with Crippen molar-refractivity contribution in [1.29, 1.82) is 0 Å². The number of aromatic nitrogens is 2. The second kappa shape index (κ2) is 7.98. The Balaban J connectivity index is 1.67. The average molecular weight is 407 g/mol. The first-order valence-electron chi connectivity index (χ1n) is 8.11. The van der Waals surface area contributed by atoms with Gasteiger partial charge in [0.1, 0.15) is 18.0 Å². The van der Waals surface area contributed by atoms with Crippen LogP contribution < -0.4 is 10.3 Å². The van der Waals surface area contributed by atoms with E-state index in [1.807, 2.05) is 13.0 Å². The smallest absolute Gasteiger partial charge is 0.347 e. The fourth-order valence-electron chi connectivity index (χ4n) is 2.40. The summed E-state index contributed by atoms with van der Waals surface area (Å²) in [7, 11) is 0. The topological polar surface area (TPSA) is 69.9 Å². The first-order chi connectivity index (χ1) is 12.8. The lowest BCUT2D eigenvalue weighted by atomic mass is 10.3. The van der Waals surface area contributed by atoms with Crippen LogP contribution in [-0.4, -0.2) is 21.5 Å². The molecule has 0 aliphatic carbocycles. The zero-order valence-corrected chi connectivity index (χ0v) is 16.1. The first kappa shape index (κ1) is 19.2. The van der Waals surface area contributed by atoms with E-state index in [1.54, 1.807) is 31.3 Å². The van der Waals surface area contributed by atoms with Crippen molar-refractivity contribution in [2.24, 2.45) is 0 Å². The van der Waals surface area contributed by atoms with Crippen LogP contribution in [0.1, 0.15) is 18.2 Å². The molecule has 0 unspecified atom stereocenters. The lowest BCUT2D eigenvalue weighted by molar-refractivity contribution is -0.152. The van der Waals surface area contributed by atoms with Gasteiger partial charge in [-0.2, -0.15) is 0 Å². The van der Waals surface area contributed by atoms with Gasteiger partial charge in [-0.05, 0) is 43.7 Å². The summed E-state index contributed by atoms with van der Waals surface area (Å²) >= 11 is 11.9. The largest absolute Gasteiger partial charge is 0.477 e. The predicted octanol–water partition coefficient (Wildman–Crippen LogP) is 3.82. The van der Waals surface area contributed by atoms with E-state index < -0.39 is 12.1 Å². The third-order valence-corrected chi connectivity index (χ3v) is 4.28.